The molecular formula is C5H7ClO3. The van der Waals surface area contributed by atoms with E-state index in [1.165, 1.54) is 13.4 Å². The minimum atomic E-state index is -0.598. The smallest absolute Gasteiger partial charge is 0.359 e. The number of halogens is 1. The first-order chi connectivity index (χ1) is 4.36. The molecule has 0 fully saturated rings. The van der Waals surface area contributed by atoms with Crippen molar-refractivity contribution in [1.82, 2.24) is 0 Å². The first-order valence-electron chi connectivity index (χ1n) is 2.46. The molecule has 0 aliphatic carbocycles. The second kappa shape index (κ2) is 2.94. The predicted molar refractivity (Wildman–Crippen MR) is 31.8 cm³/mol. The quantitative estimate of drug-likeness (QED) is 0.551. The Kier molecular flexibility index (Phi) is 2.19. The van der Waals surface area contributed by atoms with Crippen molar-refractivity contribution in [1.29, 1.82) is 0 Å². The van der Waals surface area contributed by atoms with E-state index >= 15 is 0 Å². The minimum absolute atomic E-state index is 0.319. The second-order valence-corrected chi connectivity index (χ2v) is 1.76. The number of rotatable bonds is 2. The molecule has 0 amide bonds. The first kappa shape index (κ1) is 6.71. The van der Waals surface area contributed by atoms with Gasteiger partial charge in [0.2, 0.25) is 0 Å². The Balaban J connectivity index is 2.31. The number of methoxy groups -OCH3 is 1. The zero-order chi connectivity index (χ0) is 6.69. The molecule has 9 heavy (non-hydrogen) atoms. The summed E-state index contributed by atoms with van der Waals surface area (Å²) < 4.78 is 14.4. The number of hydrogen-bond donors (Lipinski definition) is 0. The van der Waals surface area contributed by atoms with Crippen LogP contribution in [0.15, 0.2) is 12.0 Å². The monoisotopic (exact) mass is 150 g/mol. The summed E-state index contributed by atoms with van der Waals surface area (Å²) in [5.74, 6) is 0.920. The van der Waals surface area contributed by atoms with Crippen LogP contribution in [0.2, 0.25) is 0 Å². The molecule has 1 aliphatic rings. The summed E-state index contributed by atoms with van der Waals surface area (Å²) in [7, 11) is 1.50. The fraction of sp³-hybridized carbons (Fsp3) is 0.600. The van der Waals surface area contributed by atoms with E-state index in [4.69, 9.17) is 21.1 Å². The third-order valence-corrected chi connectivity index (χ3v) is 1.15. The standard InChI is InChI=1S/C5H7ClO3/c1-7-5-8-3-4(2-6)9-5/h3,5H,2H2,1H3. The van der Waals surface area contributed by atoms with Crippen molar-refractivity contribution in [2.24, 2.45) is 0 Å². The van der Waals surface area contributed by atoms with Gasteiger partial charge in [0.25, 0.3) is 0 Å². The maximum atomic E-state index is 5.40. The van der Waals surface area contributed by atoms with Gasteiger partial charge < -0.3 is 14.2 Å². The third-order valence-electron chi connectivity index (χ3n) is 0.882. The SMILES string of the molecule is COC1OC=C(CCl)O1. The molecule has 52 valence electrons. The van der Waals surface area contributed by atoms with Gasteiger partial charge in [0.15, 0.2) is 5.76 Å². The Morgan fingerprint density at radius 2 is 2.67 bits per heavy atom. The number of ether oxygens (including phenoxy) is 3. The molecule has 0 aromatic heterocycles. The molecule has 0 saturated heterocycles. The Bertz CT molecular complexity index is 123. The van der Waals surface area contributed by atoms with Crippen molar-refractivity contribution in [3.8, 4) is 0 Å². The Hall–Kier alpha value is -0.410. The molecule has 1 atom stereocenters. The number of allylic oxidation sites excluding steroid dienone is 1. The zero-order valence-corrected chi connectivity index (χ0v) is 5.72. The summed E-state index contributed by atoms with van der Waals surface area (Å²) in [6.07, 6.45) is 1.45. The van der Waals surface area contributed by atoms with E-state index in [2.05, 4.69) is 4.74 Å². The van der Waals surface area contributed by atoms with Gasteiger partial charge in [-0.25, -0.2) is 0 Å². The second-order valence-electron chi connectivity index (χ2n) is 1.50. The number of alkyl halides is 1. The van der Waals surface area contributed by atoms with E-state index in [0.717, 1.165) is 0 Å². The van der Waals surface area contributed by atoms with Crippen LogP contribution in [0.1, 0.15) is 0 Å². The van der Waals surface area contributed by atoms with Crippen LogP contribution in [0.25, 0.3) is 0 Å². The van der Waals surface area contributed by atoms with Crippen molar-refractivity contribution < 1.29 is 14.2 Å². The lowest BCUT2D eigenvalue weighted by molar-refractivity contribution is -0.207. The Morgan fingerprint density at radius 1 is 1.89 bits per heavy atom. The van der Waals surface area contributed by atoms with Crippen LogP contribution in [0.5, 0.6) is 0 Å². The summed E-state index contributed by atoms with van der Waals surface area (Å²) in [5.41, 5.74) is 0. The van der Waals surface area contributed by atoms with Gasteiger partial charge in [0.05, 0.1) is 5.88 Å². The molecule has 0 radical (unpaired) electrons. The van der Waals surface area contributed by atoms with Crippen LogP contribution >= 0.6 is 11.6 Å². The highest BCUT2D eigenvalue weighted by molar-refractivity contribution is 6.19. The first-order valence-corrected chi connectivity index (χ1v) is 3.00. The molecular weight excluding hydrogens is 144 g/mol. The lowest BCUT2D eigenvalue weighted by Crippen LogP contribution is -2.10. The molecule has 0 N–H and O–H groups in total. The zero-order valence-electron chi connectivity index (χ0n) is 4.96. The van der Waals surface area contributed by atoms with Crippen LogP contribution in [-0.2, 0) is 14.2 Å². The topological polar surface area (TPSA) is 27.7 Å². The van der Waals surface area contributed by atoms with Crippen LogP contribution in [0.3, 0.4) is 0 Å². The maximum Gasteiger partial charge on any atom is 0.359 e. The van der Waals surface area contributed by atoms with E-state index in [1.54, 1.807) is 0 Å². The summed E-state index contributed by atoms with van der Waals surface area (Å²) in [6.45, 7) is -0.598. The van der Waals surface area contributed by atoms with E-state index < -0.39 is 6.48 Å². The van der Waals surface area contributed by atoms with Crippen molar-refractivity contribution in [2.75, 3.05) is 13.0 Å². The Labute approximate surface area is 58.1 Å². The molecule has 0 bridgehead atoms. The molecule has 3 nitrogen and oxygen atoms in total. The van der Waals surface area contributed by atoms with Crippen molar-refractivity contribution in [2.45, 2.75) is 6.48 Å². The highest BCUT2D eigenvalue weighted by Crippen LogP contribution is 2.14. The van der Waals surface area contributed by atoms with Gasteiger partial charge in [0.1, 0.15) is 6.26 Å². The third kappa shape index (κ3) is 1.50. The van der Waals surface area contributed by atoms with Crippen LogP contribution in [0.4, 0.5) is 0 Å². The van der Waals surface area contributed by atoms with Crippen LogP contribution < -0.4 is 0 Å². The lowest BCUT2D eigenvalue weighted by Gasteiger charge is -2.06. The van der Waals surface area contributed by atoms with Gasteiger partial charge in [-0.05, 0) is 0 Å². The van der Waals surface area contributed by atoms with Gasteiger partial charge >= 0.3 is 6.48 Å². The fourth-order valence-electron chi connectivity index (χ4n) is 0.477. The molecule has 0 aromatic carbocycles. The molecule has 1 heterocycles. The highest BCUT2D eigenvalue weighted by Gasteiger charge is 2.16. The van der Waals surface area contributed by atoms with E-state index in [1.807, 2.05) is 0 Å². The average Bonchev–Trinajstić information content (AvgIpc) is 2.34. The normalized spacial score (nSPS) is 24.7. The van der Waals surface area contributed by atoms with Crippen molar-refractivity contribution >= 4 is 11.6 Å². The molecule has 0 aromatic rings. The minimum Gasteiger partial charge on any atom is -0.437 e. The van der Waals surface area contributed by atoms with Gasteiger partial charge in [-0.1, -0.05) is 0 Å². The highest BCUT2D eigenvalue weighted by atomic mass is 35.5. The lowest BCUT2D eigenvalue weighted by atomic mass is 10.6. The van der Waals surface area contributed by atoms with E-state index in [9.17, 15) is 0 Å². The van der Waals surface area contributed by atoms with Crippen molar-refractivity contribution in [3.05, 3.63) is 12.0 Å². The van der Waals surface area contributed by atoms with Gasteiger partial charge in [-0.3, -0.25) is 0 Å². The van der Waals surface area contributed by atoms with Crippen LogP contribution in [-0.4, -0.2) is 19.5 Å². The van der Waals surface area contributed by atoms with Crippen molar-refractivity contribution in [3.63, 3.8) is 0 Å². The average molecular weight is 151 g/mol. The fourth-order valence-corrected chi connectivity index (χ4v) is 0.603. The summed E-state index contributed by atoms with van der Waals surface area (Å²) in [6, 6.07) is 0. The predicted octanol–water partition coefficient (Wildman–Crippen LogP) is 1.04. The molecule has 1 unspecified atom stereocenters. The number of hydrogen-bond acceptors (Lipinski definition) is 3. The van der Waals surface area contributed by atoms with Gasteiger partial charge in [-0.2, -0.15) is 0 Å². The summed E-state index contributed by atoms with van der Waals surface area (Å²) in [4.78, 5) is 0. The summed E-state index contributed by atoms with van der Waals surface area (Å²) in [5, 5.41) is 0. The van der Waals surface area contributed by atoms with E-state index in [-0.39, 0.29) is 0 Å². The molecule has 0 spiro atoms. The molecule has 0 saturated carbocycles. The maximum absolute atomic E-state index is 5.40. The molecule has 1 rings (SSSR count). The van der Waals surface area contributed by atoms with Gasteiger partial charge in [-0.15, -0.1) is 11.6 Å². The molecule has 4 heteroatoms. The van der Waals surface area contributed by atoms with E-state index in [0.29, 0.717) is 11.6 Å². The Morgan fingerprint density at radius 3 is 3.00 bits per heavy atom. The summed E-state index contributed by atoms with van der Waals surface area (Å²) >= 11 is 5.40. The molecule has 1 aliphatic heterocycles. The van der Waals surface area contributed by atoms with Crippen LogP contribution in [0, 0.1) is 0 Å². The largest absolute Gasteiger partial charge is 0.437 e. The van der Waals surface area contributed by atoms with Gasteiger partial charge in [0, 0.05) is 7.11 Å².